The topological polar surface area (TPSA) is 50.7 Å². The average molecular weight is 282 g/mol. The van der Waals surface area contributed by atoms with Crippen LogP contribution in [0.25, 0.3) is 10.8 Å². The van der Waals surface area contributed by atoms with Gasteiger partial charge in [0, 0.05) is 12.2 Å². The predicted molar refractivity (Wildman–Crippen MR) is 83.3 cm³/mol. The Morgan fingerprint density at radius 2 is 2.05 bits per heavy atom. The van der Waals surface area contributed by atoms with Crippen molar-refractivity contribution in [3.05, 3.63) is 48.0 Å². The lowest BCUT2D eigenvalue weighted by Gasteiger charge is -2.09. The maximum absolute atomic E-state index is 11.9. The Morgan fingerprint density at radius 3 is 2.86 bits per heavy atom. The molecule has 0 aromatic heterocycles. The Labute approximate surface area is 123 Å². The van der Waals surface area contributed by atoms with Gasteiger partial charge in [0.15, 0.2) is 0 Å². The van der Waals surface area contributed by atoms with Crippen LogP contribution >= 0.6 is 0 Å². The summed E-state index contributed by atoms with van der Waals surface area (Å²) in [5.41, 5.74) is 4.43. The molecule has 21 heavy (non-hydrogen) atoms. The third-order valence-electron chi connectivity index (χ3n) is 3.74. The van der Waals surface area contributed by atoms with Crippen molar-refractivity contribution in [3.8, 4) is 0 Å². The minimum absolute atomic E-state index is 0.160. The first kappa shape index (κ1) is 13.8. The molecule has 1 aliphatic heterocycles. The first-order valence-corrected chi connectivity index (χ1v) is 7.19. The van der Waals surface area contributed by atoms with Gasteiger partial charge in [-0.3, -0.25) is 4.79 Å². The molecular formula is C17H18N2O2. The third kappa shape index (κ3) is 2.95. The van der Waals surface area contributed by atoms with Gasteiger partial charge < -0.3 is 4.74 Å². The summed E-state index contributed by atoms with van der Waals surface area (Å²) in [6.45, 7) is 2.56. The fraction of sp³-hybridized carbons (Fsp3) is 0.294. The summed E-state index contributed by atoms with van der Waals surface area (Å²) < 4.78 is 5.34. The maximum atomic E-state index is 11.9. The van der Waals surface area contributed by atoms with Crippen LogP contribution in [0.4, 0.5) is 0 Å². The zero-order valence-electron chi connectivity index (χ0n) is 12.0. The van der Waals surface area contributed by atoms with Crippen LogP contribution in [-0.2, 0) is 9.53 Å². The van der Waals surface area contributed by atoms with Gasteiger partial charge in [-0.15, -0.1) is 0 Å². The Hall–Kier alpha value is -2.20. The lowest BCUT2D eigenvalue weighted by molar-refractivity contribution is -0.130. The van der Waals surface area contributed by atoms with Crippen molar-refractivity contribution >= 4 is 22.4 Å². The van der Waals surface area contributed by atoms with Crippen molar-refractivity contribution in [1.82, 2.24) is 5.43 Å². The second-order valence-electron chi connectivity index (χ2n) is 5.20. The van der Waals surface area contributed by atoms with E-state index in [4.69, 9.17) is 4.74 Å². The van der Waals surface area contributed by atoms with Gasteiger partial charge in [0.05, 0.1) is 5.71 Å². The Morgan fingerprint density at radius 1 is 1.24 bits per heavy atom. The van der Waals surface area contributed by atoms with Crippen molar-refractivity contribution in [2.24, 2.45) is 5.10 Å². The van der Waals surface area contributed by atoms with Crippen molar-refractivity contribution in [2.45, 2.75) is 25.9 Å². The van der Waals surface area contributed by atoms with Crippen molar-refractivity contribution in [3.63, 3.8) is 0 Å². The number of nitrogens with one attached hydrogen (secondary N) is 1. The lowest BCUT2D eigenvalue weighted by Crippen LogP contribution is -2.31. The second kappa shape index (κ2) is 6.06. The van der Waals surface area contributed by atoms with Crippen LogP contribution in [0.1, 0.15) is 25.3 Å². The molecule has 0 saturated carbocycles. The summed E-state index contributed by atoms with van der Waals surface area (Å²) >= 11 is 0. The van der Waals surface area contributed by atoms with E-state index < -0.39 is 0 Å². The molecule has 1 saturated heterocycles. The molecule has 2 aromatic rings. The number of fused-ring (bicyclic) bond motifs is 1. The predicted octanol–water partition coefficient (Wildman–Crippen LogP) is 2.86. The molecule has 1 N–H and O–H groups in total. The molecule has 1 fully saturated rings. The smallest absolute Gasteiger partial charge is 0.269 e. The standard InChI is InChI=1S/C17H18N2O2/c1-12(18-19-17(20)16-10-5-11-21-16)14-9-4-7-13-6-2-3-8-15(13)14/h2-4,6-9,16H,5,10-11H2,1H3,(H,19,20)/b18-12+/t16-/m0/s1. The summed E-state index contributed by atoms with van der Waals surface area (Å²) in [6, 6.07) is 14.2. The molecule has 4 nitrogen and oxygen atoms in total. The molecule has 2 aromatic carbocycles. The minimum atomic E-state index is -0.353. The molecule has 108 valence electrons. The quantitative estimate of drug-likeness (QED) is 0.695. The number of carbonyl (C=O) groups is 1. The first-order valence-electron chi connectivity index (χ1n) is 7.19. The summed E-state index contributed by atoms with van der Waals surface area (Å²) in [4.78, 5) is 11.9. The normalized spacial score (nSPS) is 18.9. The highest BCUT2D eigenvalue weighted by Gasteiger charge is 2.23. The second-order valence-corrected chi connectivity index (χ2v) is 5.20. The molecule has 1 heterocycles. The van der Waals surface area contributed by atoms with Gasteiger partial charge in [0.2, 0.25) is 0 Å². The van der Waals surface area contributed by atoms with E-state index in [1.165, 1.54) is 0 Å². The van der Waals surface area contributed by atoms with Crippen LogP contribution in [0.3, 0.4) is 0 Å². The van der Waals surface area contributed by atoms with Crippen LogP contribution in [-0.4, -0.2) is 24.3 Å². The zero-order valence-corrected chi connectivity index (χ0v) is 12.0. The molecule has 1 amide bonds. The molecule has 0 radical (unpaired) electrons. The Bertz CT molecular complexity index is 683. The van der Waals surface area contributed by atoms with Gasteiger partial charge in [0.25, 0.3) is 5.91 Å². The zero-order chi connectivity index (χ0) is 14.7. The van der Waals surface area contributed by atoms with Crippen molar-refractivity contribution in [1.29, 1.82) is 0 Å². The number of nitrogens with zero attached hydrogens (tertiary/aromatic N) is 1. The molecule has 1 atom stereocenters. The van der Waals surface area contributed by atoms with Gasteiger partial charge in [0.1, 0.15) is 6.10 Å². The van der Waals surface area contributed by atoms with E-state index >= 15 is 0 Å². The highest BCUT2D eigenvalue weighted by Crippen LogP contribution is 2.19. The average Bonchev–Trinajstić information content (AvgIpc) is 3.06. The largest absolute Gasteiger partial charge is 0.368 e. The monoisotopic (exact) mass is 282 g/mol. The SMILES string of the molecule is C/C(=N\NC(=O)[C@@H]1CCCO1)c1cccc2ccccc12. The van der Waals surface area contributed by atoms with E-state index in [1.54, 1.807) is 0 Å². The van der Waals surface area contributed by atoms with E-state index in [0.717, 1.165) is 34.9 Å². The lowest BCUT2D eigenvalue weighted by atomic mass is 10.0. The number of ether oxygens (including phenoxy) is 1. The number of hydrazone groups is 1. The number of amides is 1. The number of hydrogen-bond acceptors (Lipinski definition) is 3. The molecule has 0 bridgehead atoms. The first-order chi connectivity index (χ1) is 10.3. The highest BCUT2D eigenvalue weighted by atomic mass is 16.5. The van der Waals surface area contributed by atoms with E-state index in [2.05, 4.69) is 28.7 Å². The number of carbonyl (C=O) groups excluding carboxylic acids is 1. The fourth-order valence-corrected chi connectivity index (χ4v) is 2.60. The Balaban J connectivity index is 1.81. The minimum Gasteiger partial charge on any atom is -0.368 e. The molecular weight excluding hydrogens is 264 g/mol. The molecule has 1 aliphatic rings. The van der Waals surface area contributed by atoms with Gasteiger partial charge >= 0.3 is 0 Å². The van der Waals surface area contributed by atoms with Gasteiger partial charge in [-0.05, 0) is 30.5 Å². The number of benzene rings is 2. The summed E-state index contributed by atoms with van der Waals surface area (Å²) in [5, 5.41) is 6.52. The van der Waals surface area contributed by atoms with Crippen LogP contribution in [0, 0.1) is 0 Å². The van der Waals surface area contributed by atoms with E-state index in [0.29, 0.717) is 6.61 Å². The third-order valence-corrected chi connectivity index (χ3v) is 3.74. The van der Waals surface area contributed by atoms with Crippen molar-refractivity contribution in [2.75, 3.05) is 6.61 Å². The summed E-state index contributed by atoms with van der Waals surface area (Å²) in [7, 11) is 0. The number of rotatable bonds is 3. The fourth-order valence-electron chi connectivity index (χ4n) is 2.60. The molecule has 0 aliphatic carbocycles. The number of hydrogen-bond donors (Lipinski definition) is 1. The summed E-state index contributed by atoms with van der Waals surface area (Å²) in [5.74, 6) is -0.160. The van der Waals surface area contributed by atoms with E-state index in [-0.39, 0.29) is 12.0 Å². The van der Waals surface area contributed by atoms with Gasteiger partial charge in [-0.25, -0.2) is 5.43 Å². The van der Waals surface area contributed by atoms with Gasteiger partial charge in [-0.2, -0.15) is 5.10 Å². The summed E-state index contributed by atoms with van der Waals surface area (Å²) in [6.07, 6.45) is 1.35. The maximum Gasteiger partial charge on any atom is 0.269 e. The molecule has 0 unspecified atom stereocenters. The van der Waals surface area contributed by atoms with Crippen LogP contribution in [0.2, 0.25) is 0 Å². The van der Waals surface area contributed by atoms with E-state index in [1.807, 2.05) is 31.2 Å². The van der Waals surface area contributed by atoms with E-state index in [9.17, 15) is 4.79 Å². The van der Waals surface area contributed by atoms with Crippen molar-refractivity contribution < 1.29 is 9.53 Å². The van der Waals surface area contributed by atoms with Crippen LogP contribution in [0.5, 0.6) is 0 Å². The van der Waals surface area contributed by atoms with Crippen LogP contribution in [0.15, 0.2) is 47.6 Å². The molecule has 0 spiro atoms. The highest BCUT2D eigenvalue weighted by molar-refractivity contribution is 6.09. The Kier molecular flexibility index (Phi) is 3.97. The molecule has 3 rings (SSSR count). The van der Waals surface area contributed by atoms with Gasteiger partial charge in [-0.1, -0.05) is 42.5 Å². The molecule has 4 heteroatoms. The van der Waals surface area contributed by atoms with Crippen LogP contribution < -0.4 is 5.43 Å².